The molecule has 0 saturated heterocycles. The van der Waals surface area contributed by atoms with Crippen LogP contribution >= 0.6 is 0 Å². The number of hydrogen-bond acceptors (Lipinski definition) is 3. The second-order valence-corrected chi connectivity index (χ2v) is 4.43. The quantitative estimate of drug-likeness (QED) is 0.827. The molecular weight excluding hydrogens is 217 g/mol. The lowest BCUT2D eigenvalue weighted by atomic mass is 10.2. The van der Waals surface area contributed by atoms with E-state index in [1.54, 1.807) is 12.3 Å². The number of nitrogens with one attached hydrogen (secondary N) is 1. The molecule has 0 radical (unpaired) electrons. The van der Waals surface area contributed by atoms with Crippen molar-refractivity contribution in [3.05, 3.63) is 23.6 Å². The van der Waals surface area contributed by atoms with Crippen LogP contribution in [0.25, 0.3) is 0 Å². The van der Waals surface area contributed by atoms with Crippen molar-refractivity contribution in [2.45, 2.75) is 39.8 Å². The maximum atomic E-state index is 14.2. The molecule has 1 aromatic rings. The molecule has 0 unspecified atom stereocenters. The summed E-state index contributed by atoms with van der Waals surface area (Å²) in [6.07, 6.45) is 2.66. The Kier molecular flexibility index (Phi) is 5.35. The summed E-state index contributed by atoms with van der Waals surface area (Å²) in [5.74, 6) is 0.263. The largest absolute Gasteiger partial charge is 0.352 e. The van der Waals surface area contributed by atoms with Crippen LogP contribution in [0.1, 0.15) is 32.8 Å². The van der Waals surface area contributed by atoms with Crippen LogP contribution in [0, 0.1) is 5.82 Å². The van der Waals surface area contributed by atoms with Crippen molar-refractivity contribution in [2.24, 2.45) is 0 Å². The summed E-state index contributed by atoms with van der Waals surface area (Å²) in [6.45, 7) is 7.55. The van der Waals surface area contributed by atoms with Gasteiger partial charge in [0.05, 0.1) is 0 Å². The number of hydrogen-bond donors (Lipinski definition) is 1. The number of aromatic nitrogens is 1. The summed E-state index contributed by atoms with van der Waals surface area (Å²) >= 11 is 0. The summed E-state index contributed by atoms with van der Waals surface area (Å²) in [6, 6.07) is 1.97. The molecule has 0 fully saturated rings. The van der Waals surface area contributed by atoms with Crippen LogP contribution in [0.3, 0.4) is 0 Å². The molecule has 17 heavy (non-hydrogen) atoms. The predicted molar refractivity (Wildman–Crippen MR) is 69.7 cm³/mol. The Morgan fingerprint density at radius 2 is 2.18 bits per heavy atom. The van der Waals surface area contributed by atoms with Gasteiger partial charge in [-0.25, -0.2) is 9.37 Å². The van der Waals surface area contributed by atoms with Crippen molar-refractivity contribution in [1.29, 1.82) is 0 Å². The molecule has 1 rings (SSSR count). The first-order chi connectivity index (χ1) is 8.11. The van der Waals surface area contributed by atoms with E-state index in [2.05, 4.69) is 31.1 Å². The van der Waals surface area contributed by atoms with Gasteiger partial charge in [-0.2, -0.15) is 0 Å². The van der Waals surface area contributed by atoms with Crippen molar-refractivity contribution >= 4 is 5.82 Å². The van der Waals surface area contributed by atoms with Crippen molar-refractivity contribution < 1.29 is 4.39 Å². The molecular formula is C13H22FN3. The van der Waals surface area contributed by atoms with Crippen molar-refractivity contribution in [1.82, 2.24) is 10.3 Å². The van der Waals surface area contributed by atoms with Crippen molar-refractivity contribution in [2.75, 3.05) is 18.5 Å². The van der Waals surface area contributed by atoms with Crippen LogP contribution in [-0.2, 0) is 6.54 Å². The first-order valence-corrected chi connectivity index (χ1v) is 6.16. The Morgan fingerprint density at radius 1 is 1.47 bits per heavy atom. The highest BCUT2D eigenvalue weighted by atomic mass is 19.1. The third kappa shape index (κ3) is 3.40. The van der Waals surface area contributed by atoms with E-state index in [1.807, 2.05) is 11.9 Å². The van der Waals surface area contributed by atoms with E-state index in [0.717, 1.165) is 13.0 Å². The first kappa shape index (κ1) is 13.9. The highest BCUT2D eigenvalue weighted by molar-refractivity contribution is 5.43. The normalized spacial score (nSPS) is 10.9. The zero-order chi connectivity index (χ0) is 12.8. The van der Waals surface area contributed by atoms with Gasteiger partial charge in [0.15, 0.2) is 11.6 Å². The third-order valence-corrected chi connectivity index (χ3v) is 2.68. The molecule has 0 spiro atoms. The fourth-order valence-corrected chi connectivity index (χ4v) is 1.85. The molecule has 96 valence electrons. The number of rotatable bonds is 6. The molecule has 0 aliphatic rings. The van der Waals surface area contributed by atoms with Gasteiger partial charge in [0.2, 0.25) is 0 Å². The van der Waals surface area contributed by atoms with Gasteiger partial charge in [-0.15, -0.1) is 0 Å². The van der Waals surface area contributed by atoms with Gasteiger partial charge in [-0.3, -0.25) is 0 Å². The second-order valence-electron chi connectivity index (χ2n) is 4.43. The number of nitrogens with zero attached hydrogens (tertiary/aromatic N) is 2. The molecule has 0 bridgehead atoms. The van der Waals surface area contributed by atoms with Crippen molar-refractivity contribution in [3.8, 4) is 0 Å². The number of halogens is 1. The smallest absolute Gasteiger partial charge is 0.170 e. The summed E-state index contributed by atoms with van der Waals surface area (Å²) in [5.41, 5.74) is 0.666. The lowest BCUT2D eigenvalue weighted by molar-refractivity contribution is 0.569. The van der Waals surface area contributed by atoms with Crippen LogP contribution in [0.5, 0.6) is 0 Å². The van der Waals surface area contributed by atoms with Crippen molar-refractivity contribution in [3.63, 3.8) is 0 Å². The summed E-state index contributed by atoms with van der Waals surface area (Å²) in [7, 11) is 1.81. The van der Waals surface area contributed by atoms with Gasteiger partial charge in [0.25, 0.3) is 0 Å². The van der Waals surface area contributed by atoms with E-state index in [1.165, 1.54) is 0 Å². The zero-order valence-electron chi connectivity index (χ0n) is 11.1. The molecule has 3 nitrogen and oxygen atoms in total. The van der Waals surface area contributed by atoms with E-state index >= 15 is 0 Å². The zero-order valence-corrected chi connectivity index (χ0v) is 11.1. The Balaban J connectivity index is 3.06. The molecule has 0 saturated carbocycles. The van der Waals surface area contributed by atoms with Crippen LogP contribution in [-0.4, -0.2) is 24.6 Å². The lowest BCUT2D eigenvalue weighted by Crippen LogP contribution is -2.33. The van der Waals surface area contributed by atoms with Gasteiger partial charge in [0.1, 0.15) is 0 Å². The van der Waals surface area contributed by atoms with Gasteiger partial charge in [0, 0.05) is 30.9 Å². The third-order valence-electron chi connectivity index (χ3n) is 2.68. The predicted octanol–water partition coefficient (Wildman–Crippen LogP) is 2.56. The topological polar surface area (TPSA) is 28.2 Å². The second kappa shape index (κ2) is 6.55. The highest BCUT2D eigenvalue weighted by Gasteiger charge is 2.17. The Bertz CT molecular complexity index is 353. The Hall–Kier alpha value is -1.16. The maximum absolute atomic E-state index is 14.2. The van der Waals surface area contributed by atoms with Gasteiger partial charge < -0.3 is 10.2 Å². The van der Waals surface area contributed by atoms with E-state index in [9.17, 15) is 4.39 Å². The van der Waals surface area contributed by atoms with Gasteiger partial charge in [-0.05, 0) is 33.4 Å². The molecule has 1 N–H and O–H groups in total. The Labute approximate surface area is 103 Å². The Morgan fingerprint density at radius 3 is 2.71 bits per heavy atom. The van der Waals surface area contributed by atoms with Crippen LogP contribution < -0.4 is 10.2 Å². The lowest BCUT2D eigenvalue weighted by Gasteiger charge is -2.28. The fourth-order valence-electron chi connectivity index (χ4n) is 1.85. The molecule has 1 heterocycles. The van der Waals surface area contributed by atoms with Crippen LogP contribution in [0.15, 0.2) is 12.3 Å². The summed E-state index contributed by atoms with van der Waals surface area (Å²) < 4.78 is 14.2. The molecule has 4 heteroatoms. The minimum absolute atomic E-state index is 0.205. The minimum Gasteiger partial charge on any atom is -0.352 e. The van der Waals surface area contributed by atoms with Gasteiger partial charge >= 0.3 is 0 Å². The molecule has 0 atom stereocenters. The molecule has 1 aromatic heterocycles. The highest BCUT2D eigenvalue weighted by Crippen LogP contribution is 2.21. The standard InChI is InChI=1S/C13H22FN3/c1-5-8-17(10(2)3)13-12(14)11(9-15-4)6-7-16-13/h6-7,10,15H,5,8-9H2,1-4H3. The van der Waals surface area contributed by atoms with Crippen LogP contribution in [0.4, 0.5) is 10.2 Å². The molecule has 0 aliphatic carbocycles. The van der Waals surface area contributed by atoms with E-state index in [-0.39, 0.29) is 11.9 Å². The maximum Gasteiger partial charge on any atom is 0.170 e. The van der Waals surface area contributed by atoms with E-state index in [4.69, 9.17) is 0 Å². The number of pyridine rings is 1. The number of anilines is 1. The molecule has 0 amide bonds. The molecule has 0 aromatic carbocycles. The molecule has 0 aliphatic heterocycles. The fraction of sp³-hybridized carbons (Fsp3) is 0.615. The van der Waals surface area contributed by atoms with Gasteiger partial charge in [-0.1, -0.05) is 6.92 Å². The first-order valence-electron chi connectivity index (χ1n) is 6.16. The summed E-state index contributed by atoms with van der Waals surface area (Å²) in [4.78, 5) is 6.19. The average molecular weight is 239 g/mol. The summed E-state index contributed by atoms with van der Waals surface area (Å²) in [5, 5.41) is 2.97. The SMILES string of the molecule is CCCN(c1nccc(CNC)c1F)C(C)C. The van der Waals surface area contributed by atoms with E-state index < -0.39 is 0 Å². The average Bonchev–Trinajstić information content (AvgIpc) is 2.29. The van der Waals surface area contributed by atoms with E-state index in [0.29, 0.717) is 17.9 Å². The monoisotopic (exact) mass is 239 g/mol. The minimum atomic E-state index is -0.205. The van der Waals surface area contributed by atoms with Crippen LogP contribution in [0.2, 0.25) is 0 Å².